The minimum atomic E-state index is -0.825. The second-order valence-electron chi connectivity index (χ2n) is 3.80. The molecule has 1 aromatic heterocycles. The number of hydrogen-bond donors (Lipinski definition) is 4. The topological polar surface area (TPSA) is 101 Å². The number of nitrogens with zero attached hydrogens (tertiary/aromatic N) is 1. The minimum Gasteiger partial charge on any atom is -0.479 e. The normalized spacial score (nSPS) is 11.2. The van der Waals surface area contributed by atoms with E-state index in [4.69, 9.17) is 20.7 Å². The first-order chi connectivity index (χ1) is 7.54. The Balaban J connectivity index is 2.89. The van der Waals surface area contributed by atoms with Crippen LogP contribution < -0.4 is 15.8 Å². The Morgan fingerprint density at radius 3 is 2.56 bits per heavy atom. The van der Waals surface area contributed by atoms with Crippen molar-refractivity contribution in [2.45, 2.75) is 12.5 Å². The molecule has 0 saturated carbocycles. The number of ether oxygens (including phenoxy) is 1. The lowest BCUT2D eigenvalue weighted by Crippen LogP contribution is -2.42. The zero-order valence-electron chi connectivity index (χ0n) is 9.40. The van der Waals surface area contributed by atoms with Crippen molar-refractivity contribution in [3.05, 3.63) is 12.1 Å². The number of aromatic nitrogens is 1. The third kappa shape index (κ3) is 2.74. The summed E-state index contributed by atoms with van der Waals surface area (Å²) in [6, 6.07) is 3.30. The van der Waals surface area contributed by atoms with Crippen molar-refractivity contribution in [3.63, 3.8) is 0 Å². The number of anilines is 2. The first-order valence-electron chi connectivity index (χ1n) is 4.85. The van der Waals surface area contributed by atoms with Gasteiger partial charge in [-0.3, -0.25) is 0 Å². The monoisotopic (exact) mass is 227 g/mol. The summed E-state index contributed by atoms with van der Waals surface area (Å²) in [4.78, 5) is 4.09. The molecular formula is C10H17N3O3. The molecule has 1 rings (SSSR count). The van der Waals surface area contributed by atoms with E-state index in [1.165, 1.54) is 7.11 Å². The van der Waals surface area contributed by atoms with Crippen LogP contribution in [0, 0.1) is 0 Å². The van der Waals surface area contributed by atoms with Crippen LogP contribution in [0.5, 0.6) is 5.88 Å². The number of nitrogen functional groups attached to an aromatic ring is 1. The van der Waals surface area contributed by atoms with Gasteiger partial charge >= 0.3 is 0 Å². The van der Waals surface area contributed by atoms with Crippen molar-refractivity contribution < 1.29 is 14.9 Å². The Hall–Kier alpha value is -1.53. The van der Waals surface area contributed by atoms with E-state index in [1.807, 2.05) is 0 Å². The van der Waals surface area contributed by atoms with Crippen LogP contribution in [-0.4, -0.2) is 41.1 Å². The van der Waals surface area contributed by atoms with Gasteiger partial charge in [0.25, 0.3) is 0 Å². The van der Waals surface area contributed by atoms with E-state index in [0.29, 0.717) is 17.4 Å². The molecule has 0 amide bonds. The standard InChI is InChI=1S/C10H17N3O3/c1-10(5-14,6-15)13-8-4-3-7(11)9(12-8)16-2/h3-4,14-15H,5-6,11H2,1-2H3,(H,12,13). The third-order valence-corrected chi connectivity index (χ3v) is 2.21. The highest BCUT2D eigenvalue weighted by molar-refractivity contribution is 5.54. The van der Waals surface area contributed by atoms with E-state index in [2.05, 4.69) is 10.3 Å². The molecule has 0 atom stereocenters. The third-order valence-electron chi connectivity index (χ3n) is 2.21. The molecule has 0 spiro atoms. The fourth-order valence-electron chi connectivity index (χ4n) is 1.12. The van der Waals surface area contributed by atoms with Crippen LogP contribution in [0.25, 0.3) is 0 Å². The molecule has 0 aromatic carbocycles. The van der Waals surface area contributed by atoms with E-state index in [1.54, 1.807) is 19.1 Å². The van der Waals surface area contributed by atoms with Gasteiger partial charge < -0.3 is 26.0 Å². The molecular weight excluding hydrogens is 210 g/mol. The molecule has 0 fully saturated rings. The molecule has 0 radical (unpaired) electrons. The molecule has 0 bridgehead atoms. The highest BCUT2D eigenvalue weighted by Crippen LogP contribution is 2.22. The van der Waals surface area contributed by atoms with Gasteiger partial charge in [-0.25, -0.2) is 0 Å². The summed E-state index contributed by atoms with van der Waals surface area (Å²) in [5.41, 5.74) is 5.22. The van der Waals surface area contributed by atoms with Gasteiger partial charge in [0.15, 0.2) is 0 Å². The fourth-order valence-corrected chi connectivity index (χ4v) is 1.12. The van der Waals surface area contributed by atoms with Crippen LogP contribution in [0.2, 0.25) is 0 Å². The summed E-state index contributed by atoms with van der Waals surface area (Å²) in [6.07, 6.45) is 0. The number of aliphatic hydroxyl groups excluding tert-OH is 2. The first kappa shape index (κ1) is 12.5. The molecule has 1 aromatic rings. The quantitative estimate of drug-likeness (QED) is 0.557. The SMILES string of the molecule is COc1nc(NC(C)(CO)CO)ccc1N. The highest BCUT2D eigenvalue weighted by atomic mass is 16.5. The van der Waals surface area contributed by atoms with Gasteiger partial charge in [-0.2, -0.15) is 4.98 Å². The number of methoxy groups -OCH3 is 1. The lowest BCUT2D eigenvalue weighted by molar-refractivity contribution is 0.147. The maximum atomic E-state index is 9.12. The lowest BCUT2D eigenvalue weighted by atomic mass is 10.1. The molecule has 16 heavy (non-hydrogen) atoms. The van der Waals surface area contributed by atoms with Crippen LogP contribution in [0.15, 0.2) is 12.1 Å². The van der Waals surface area contributed by atoms with Crippen molar-refractivity contribution in [1.82, 2.24) is 4.98 Å². The van der Waals surface area contributed by atoms with Crippen molar-refractivity contribution >= 4 is 11.5 Å². The summed E-state index contributed by atoms with van der Waals surface area (Å²) in [6.45, 7) is 1.26. The van der Waals surface area contributed by atoms with Gasteiger partial charge in [-0.15, -0.1) is 0 Å². The Morgan fingerprint density at radius 1 is 1.44 bits per heavy atom. The fraction of sp³-hybridized carbons (Fsp3) is 0.500. The lowest BCUT2D eigenvalue weighted by Gasteiger charge is -2.26. The number of pyridine rings is 1. The van der Waals surface area contributed by atoms with Crippen molar-refractivity contribution in [2.75, 3.05) is 31.4 Å². The second-order valence-corrected chi connectivity index (χ2v) is 3.80. The predicted molar refractivity (Wildman–Crippen MR) is 61.4 cm³/mol. The highest BCUT2D eigenvalue weighted by Gasteiger charge is 2.22. The maximum absolute atomic E-state index is 9.12. The van der Waals surface area contributed by atoms with Gasteiger partial charge in [0, 0.05) is 0 Å². The molecule has 0 unspecified atom stereocenters. The molecule has 6 heteroatoms. The minimum absolute atomic E-state index is 0.210. The summed E-state index contributed by atoms with van der Waals surface area (Å²) in [5.74, 6) is 0.792. The summed E-state index contributed by atoms with van der Waals surface area (Å²) in [7, 11) is 1.47. The summed E-state index contributed by atoms with van der Waals surface area (Å²) in [5, 5.41) is 21.2. The number of nitrogens with one attached hydrogen (secondary N) is 1. The van der Waals surface area contributed by atoms with E-state index in [-0.39, 0.29) is 13.2 Å². The van der Waals surface area contributed by atoms with E-state index < -0.39 is 5.54 Å². The molecule has 6 nitrogen and oxygen atoms in total. The summed E-state index contributed by atoms with van der Waals surface area (Å²) >= 11 is 0. The molecule has 5 N–H and O–H groups in total. The van der Waals surface area contributed by atoms with Crippen LogP contribution in [-0.2, 0) is 0 Å². The average Bonchev–Trinajstić information content (AvgIpc) is 2.31. The second kappa shape index (κ2) is 5.00. The van der Waals surface area contributed by atoms with E-state index >= 15 is 0 Å². The van der Waals surface area contributed by atoms with Gasteiger partial charge in [0.2, 0.25) is 5.88 Å². The Labute approximate surface area is 94.1 Å². The van der Waals surface area contributed by atoms with Crippen molar-refractivity contribution in [3.8, 4) is 5.88 Å². The largest absolute Gasteiger partial charge is 0.479 e. The molecule has 0 aliphatic rings. The zero-order valence-corrected chi connectivity index (χ0v) is 9.40. The van der Waals surface area contributed by atoms with Gasteiger partial charge in [-0.1, -0.05) is 0 Å². The van der Waals surface area contributed by atoms with Crippen LogP contribution in [0.3, 0.4) is 0 Å². The smallest absolute Gasteiger partial charge is 0.238 e. The molecule has 1 heterocycles. The first-order valence-corrected chi connectivity index (χ1v) is 4.85. The van der Waals surface area contributed by atoms with E-state index in [0.717, 1.165) is 0 Å². The molecule has 90 valence electrons. The number of nitrogens with two attached hydrogens (primary N) is 1. The Morgan fingerprint density at radius 2 is 2.06 bits per heavy atom. The average molecular weight is 227 g/mol. The molecule has 0 aliphatic heterocycles. The van der Waals surface area contributed by atoms with E-state index in [9.17, 15) is 0 Å². The predicted octanol–water partition coefficient (Wildman–Crippen LogP) is -0.172. The van der Waals surface area contributed by atoms with Gasteiger partial charge in [-0.05, 0) is 19.1 Å². The number of aliphatic hydroxyl groups is 2. The number of hydrogen-bond acceptors (Lipinski definition) is 6. The van der Waals surface area contributed by atoms with Crippen LogP contribution >= 0.6 is 0 Å². The maximum Gasteiger partial charge on any atom is 0.238 e. The van der Waals surface area contributed by atoms with Crippen LogP contribution in [0.1, 0.15) is 6.92 Å². The van der Waals surface area contributed by atoms with Crippen molar-refractivity contribution in [1.29, 1.82) is 0 Å². The zero-order chi connectivity index (χ0) is 12.2. The van der Waals surface area contributed by atoms with Crippen molar-refractivity contribution in [2.24, 2.45) is 0 Å². The van der Waals surface area contributed by atoms with Crippen LogP contribution in [0.4, 0.5) is 11.5 Å². The number of rotatable bonds is 5. The molecule has 0 saturated heterocycles. The molecule has 0 aliphatic carbocycles. The summed E-state index contributed by atoms with van der Waals surface area (Å²) < 4.78 is 4.97. The van der Waals surface area contributed by atoms with Gasteiger partial charge in [0.05, 0.1) is 31.5 Å². The Kier molecular flexibility index (Phi) is 3.92. The van der Waals surface area contributed by atoms with Gasteiger partial charge in [0.1, 0.15) is 5.82 Å². The Bertz CT molecular complexity index is 353.